The van der Waals surface area contributed by atoms with E-state index in [1.807, 2.05) is 0 Å². The minimum atomic E-state index is 1.02. The topological polar surface area (TPSA) is 3.24 Å². The van der Waals surface area contributed by atoms with Gasteiger partial charge in [0.25, 0.3) is 0 Å². The highest BCUT2D eigenvalue weighted by atomic mass is 15.1. The van der Waals surface area contributed by atoms with Crippen LogP contribution in [0.1, 0.15) is 5.56 Å². The van der Waals surface area contributed by atoms with Crippen LogP contribution >= 0.6 is 0 Å². The van der Waals surface area contributed by atoms with E-state index < -0.39 is 0 Å². The summed E-state index contributed by atoms with van der Waals surface area (Å²) < 4.78 is 0. The molecule has 0 saturated heterocycles. The second kappa shape index (κ2) is 2.42. The fourth-order valence-corrected chi connectivity index (χ4v) is 1.41. The minimum absolute atomic E-state index is 1.02. The average Bonchev–Trinajstić information content (AvgIpc) is 2.06. The summed E-state index contributed by atoms with van der Waals surface area (Å²) in [7, 11) is 2.11. The Hall–Kier alpha value is -1.24. The summed E-state index contributed by atoms with van der Waals surface area (Å²) in [5.74, 6) is 0. The smallest absolute Gasteiger partial charge is 0.0439 e. The summed E-state index contributed by atoms with van der Waals surface area (Å²) in [6, 6.07) is 8.44. The van der Waals surface area contributed by atoms with Crippen molar-refractivity contribution < 1.29 is 0 Å². The largest absolute Gasteiger partial charge is 0.370 e. The molecule has 0 spiro atoms. The standard InChI is InChI=1S/C10H11N/c1-11-8-4-6-9-5-2-3-7-10(9)11/h2-7H,8H2,1H3. The molecule has 0 unspecified atom stereocenters. The summed E-state index contributed by atoms with van der Waals surface area (Å²) in [5.41, 5.74) is 2.65. The maximum Gasteiger partial charge on any atom is 0.0439 e. The maximum absolute atomic E-state index is 2.25. The van der Waals surface area contributed by atoms with Crippen molar-refractivity contribution in [3.63, 3.8) is 0 Å². The van der Waals surface area contributed by atoms with E-state index in [1.165, 1.54) is 11.3 Å². The Kier molecular flexibility index (Phi) is 1.42. The third-order valence-corrected chi connectivity index (χ3v) is 2.02. The molecule has 0 aliphatic carbocycles. The molecule has 0 saturated carbocycles. The molecule has 56 valence electrons. The van der Waals surface area contributed by atoms with E-state index in [4.69, 9.17) is 0 Å². The van der Waals surface area contributed by atoms with Crippen LogP contribution in [0.25, 0.3) is 6.08 Å². The van der Waals surface area contributed by atoms with Crippen molar-refractivity contribution in [3.8, 4) is 0 Å². The first-order chi connectivity index (χ1) is 5.38. The molecular weight excluding hydrogens is 134 g/mol. The summed E-state index contributed by atoms with van der Waals surface area (Å²) in [6.07, 6.45) is 4.36. The van der Waals surface area contributed by atoms with Crippen molar-refractivity contribution in [2.24, 2.45) is 0 Å². The van der Waals surface area contributed by atoms with Crippen LogP contribution in [-0.2, 0) is 0 Å². The number of nitrogens with zero attached hydrogens (tertiary/aromatic N) is 1. The number of anilines is 1. The molecule has 0 aromatic heterocycles. The predicted molar refractivity (Wildman–Crippen MR) is 48.7 cm³/mol. The van der Waals surface area contributed by atoms with Crippen molar-refractivity contribution in [1.82, 2.24) is 0 Å². The lowest BCUT2D eigenvalue weighted by atomic mass is 10.1. The van der Waals surface area contributed by atoms with Gasteiger partial charge in [0.15, 0.2) is 0 Å². The zero-order valence-corrected chi connectivity index (χ0v) is 6.62. The molecule has 1 aromatic carbocycles. The molecule has 1 heterocycles. The SMILES string of the molecule is CN1CC=Cc2ccccc21. The van der Waals surface area contributed by atoms with Crippen molar-refractivity contribution in [2.45, 2.75) is 0 Å². The molecule has 0 N–H and O–H groups in total. The molecule has 0 bridgehead atoms. The van der Waals surface area contributed by atoms with E-state index in [0.29, 0.717) is 0 Å². The van der Waals surface area contributed by atoms with Crippen LogP contribution in [0.5, 0.6) is 0 Å². The molecule has 1 heteroatoms. The highest BCUT2D eigenvalue weighted by molar-refractivity contribution is 5.70. The summed E-state index contributed by atoms with van der Waals surface area (Å²) >= 11 is 0. The van der Waals surface area contributed by atoms with Gasteiger partial charge in [-0.2, -0.15) is 0 Å². The van der Waals surface area contributed by atoms with Crippen molar-refractivity contribution >= 4 is 11.8 Å². The highest BCUT2D eigenvalue weighted by Gasteiger charge is 2.06. The number of likely N-dealkylation sites (N-methyl/N-ethyl adjacent to an activating group) is 1. The number of fused-ring (bicyclic) bond motifs is 1. The first-order valence-electron chi connectivity index (χ1n) is 3.84. The number of hydrogen-bond acceptors (Lipinski definition) is 1. The highest BCUT2D eigenvalue weighted by Crippen LogP contribution is 2.23. The molecule has 0 radical (unpaired) electrons. The quantitative estimate of drug-likeness (QED) is 0.540. The van der Waals surface area contributed by atoms with Crippen LogP contribution in [0.2, 0.25) is 0 Å². The average molecular weight is 145 g/mol. The van der Waals surface area contributed by atoms with Gasteiger partial charge in [0, 0.05) is 19.3 Å². The zero-order chi connectivity index (χ0) is 7.68. The lowest BCUT2D eigenvalue weighted by Crippen LogP contribution is -2.19. The molecule has 0 fully saturated rings. The molecule has 1 aliphatic rings. The van der Waals surface area contributed by atoms with Crippen LogP contribution in [0.15, 0.2) is 30.3 Å². The van der Waals surface area contributed by atoms with E-state index in [-0.39, 0.29) is 0 Å². The molecule has 0 amide bonds. The Balaban J connectivity index is 2.54. The van der Waals surface area contributed by atoms with E-state index in [0.717, 1.165) is 6.54 Å². The van der Waals surface area contributed by atoms with Crippen molar-refractivity contribution in [1.29, 1.82) is 0 Å². The summed E-state index contributed by atoms with van der Waals surface area (Å²) in [4.78, 5) is 2.25. The normalized spacial score (nSPS) is 14.8. The Morgan fingerprint density at radius 1 is 1.27 bits per heavy atom. The Labute approximate surface area is 67.0 Å². The van der Waals surface area contributed by atoms with Crippen molar-refractivity contribution in [2.75, 3.05) is 18.5 Å². The van der Waals surface area contributed by atoms with Gasteiger partial charge in [-0.05, 0) is 11.6 Å². The van der Waals surface area contributed by atoms with Gasteiger partial charge in [-0.3, -0.25) is 0 Å². The van der Waals surface area contributed by atoms with Gasteiger partial charge >= 0.3 is 0 Å². The number of rotatable bonds is 0. The van der Waals surface area contributed by atoms with Gasteiger partial charge < -0.3 is 4.90 Å². The number of para-hydroxylation sites is 1. The van der Waals surface area contributed by atoms with Crippen LogP contribution < -0.4 is 4.90 Å². The fourth-order valence-electron chi connectivity index (χ4n) is 1.41. The lowest BCUT2D eigenvalue weighted by Gasteiger charge is -2.22. The molecule has 0 atom stereocenters. The lowest BCUT2D eigenvalue weighted by molar-refractivity contribution is 1.02. The summed E-state index contributed by atoms with van der Waals surface area (Å²) in [6.45, 7) is 1.02. The van der Waals surface area contributed by atoms with Gasteiger partial charge in [0.1, 0.15) is 0 Å². The van der Waals surface area contributed by atoms with Crippen LogP contribution in [0.3, 0.4) is 0 Å². The molecule has 1 nitrogen and oxygen atoms in total. The monoisotopic (exact) mass is 145 g/mol. The van der Waals surface area contributed by atoms with Crippen LogP contribution in [0, 0.1) is 0 Å². The van der Waals surface area contributed by atoms with Crippen molar-refractivity contribution in [3.05, 3.63) is 35.9 Å². The Morgan fingerprint density at radius 2 is 2.09 bits per heavy atom. The van der Waals surface area contributed by atoms with Gasteiger partial charge in [0.05, 0.1) is 0 Å². The molecule has 1 aliphatic heterocycles. The second-order valence-corrected chi connectivity index (χ2v) is 2.84. The van der Waals surface area contributed by atoms with Crippen LogP contribution in [-0.4, -0.2) is 13.6 Å². The third-order valence-electron chi connectivity index (χ3n) is 2.02. The first kappa shape index (κ1) is 6.47. The predicted octanol–water partition coefficient (Wildman–Crippen LogP) is 2.15. The minimum Gasteiger partial charge on any atom is -0.370 e. The van der Waals surface area contributed by atoms with Gasteiger partial charge in [-0.1, -0.05) is 30.4 Å². The molecule has 11 heavy (non-hydrogen) atoms. The maximum atomic E-state index is 2.25. The second-order valence-electron chi connectivity index (χ2n) is 2.84. The van der Waals surface area contributed by atoms with Crippen LogP contribution in [0.4, 0.5) is 5.69 Å². The Bertz CT molecular complexity index is 289. The third kappa shape index (κ3) is 1.03. The number of benzene rings is 1. The van der Waals surface area contributed by atoms with Gasteiger partial charge in [0.2, 0.25) is 0 Å². The van der Waals surface area contributed by atoms with E-state index in [2.05, 4.69) is 48.4 Å². The molecule has 1 aromatic rings. The first-order valence-corrected chi connectivity index (χ1v) is 3.84. The Morgan fingerprint density at radius 3 is 2.91 bits per heavy atom. The molecular formula is C10H11N. The summed E-state index contributed by atoms with van der Waals surface area (Å²) in [5, 5.41) is 0. The van der Waals surface area contributed by atoms with E-state index in [9.17, 15) is 0 Å². The van der Waals surface area contributed by atoms with E-state index >= 15 is 0 Å². The van der Waals surface area contributed by atoms with Gasteiger partial charge in [-0.15, -0.1) is 0 Å². The van der Waals surface area contributed by atoms with E-state index in [1.54, 1.807) is 0 Å². The molecule has 2 rings (SSSR count). The van der Waals surface area contributed by atoms with Gasteiger partial charge in [-0.25, -0.2) is 0 Å². The number of hydrogen-bond donors (Lipinski definition) is 0. The fraction of sp³-hybridized carbons (Fsp3) is 0.200. The zero-order valence-electron chi connectivity index (χ0n) is 6.62.